The van der Waals surface area contributed by atoms with Gasteiger partial charge in [0.15, 0.2) is 17.3 Å². The van der Waals surface area contributed by atoms with Crippen molar-refractivity contribution in [1.82, 2.24) is 0 Å². The van der Waals surface area contributed by atoms with Crippen LogP contribution in [0.2, 0.25) is 10.0 Å². The van der Waals surface area contributed by atoms with Gasteiger partial charge in [0.2, 0.25) is 0 Å². The first-order valence-electron chi connectivity index (χ1n) is 5.36. The van der Waals surface area contributed by atoms with Gasteiger partial charge in [0.1, 0.15) is 0 Å². The van der Waals surface area contributed by atoms with Crippen molar-refractivity contribution in [1.29, 1.82) is 0 Å². The predicted molar refractivity (Wildman–Crippen MR) is 73.5 cm³/mol. The van der Waals surface area contributed by atoms with Crippen LogP contribution in [0.4, 0.5) is 10.1 Å². The molecule has 0 saturated carbocycles. The summed E-state index contributed by atoms with van der Waals surface area (Å²) in [7, 11) is 0. The van der Waals surface area contributed by atoms with Crippen LogP contribution in [0.25, 0.3) is 0 Å². The van der Waals surface area contributed by atoms with Crippen molar-refractivity contribution >= 4 is 28.9 Å². The fourth-order valence-corrected chi connectivity index (χ4v) is 2.03. The number of rotatable bonds is 3. The summed E-state index contributed by atoms with van der Waals surface area (Å²) in [6, 6.07) is 7.30. The van der Waals surface area contributed by atoms with E-state index in [1.807, 2.05) is 0 Å². The number of hydrogen-bond donors (Lipinski definition) is 3. The van der Waals surface area contributed by atoms with Gasteiger partial charge in [-0.1, -0.05) is 29.3 Å². The summed E-state index contributed by atoms with van der Waals surface area (Å²) >= 11 is 11.3. The molecule has 0 aromatic heterocycles. The third-order valence-electron chi connectivity index (χ3n) is 2.52. The zero-order valence-corrected chi connectivity index (χ0v) is 11.1. The van der Waals surface area contributed by atoms with E-state index in [4.69, 9.17) is 23.2 Å². The molecule has 0 fully saturated rings. The smallest absolute Gasteiger partial charge is 0.160 e. The number of anilines is 1. The zero-order chi connectivity index (χ0) is 14.0. The largest absolute Gasteiger partial charge is 0.504 e. The van der Waals surface area contributed by atoms with E-state index < -0.39 is 5.82 Å². The molecule has 0 saturated heterocycles. The standard InChI is InChI=1S/C13H10Cl2FNO2/c14-9-4-8(5-10(15)13(9)16)17-6-7-1-2-11(18)12(19)3-7/h1-5,17-19H,6H2. The van der Waals surface area contributed by atoms with Gasteiger partial charge in [0.25, 0.3) is 0 Å². The summed E-state index contributed by atoms with van der Waals surface area (Å²) in [5.41, 5.74) is 1.30. The lowest BCUT2D eigenvalue weighted by Crippen LogP contribution is -1.99. The fourth-order valence-electron chi connectivity index (χ4n) is 1.54. The third kappa shape index (κ3) is 3.22. The van der Waals surface area contributed by atoms with Crippen LogP contribution in [0.3, 0.4) is 0 Å². The number of nitrogens with one attached hydrogen (secondary N) is 1. The van der Waals surface area contributed by atoms with Gasteiger partial charge in [-0.05, 0) is 29.8 Å². The summed E-state index contributed by atoms with van der Waals surface area (Å²) < 4.78 is 13.2. The summed E-state index contributed by atoms with van der Waals surface area (Å²) in [5.74, 6) is -1.04. The number of aromatic hydroxyl groups is 2. The molecule has 2 rings (SSSR count). The van der Waals surface area contributed by atoms with E-state index in [9.17, 15) is 14.6 Å². The van der Waals surface area contributed by atoms with Gasteiger partial charge < -0.3 is 15.5 Å². The van der Waals surface area contributed by atoms with Gasteiger partial charge in [0, 0.05) is 12.2 Å². The number of hydrogen-bond acceptors (Lipinski definition) is 3. The summed E-state index contributed by atoms with van der Waals surface area (Å²) in [6.07, 6.45) is 0. The maximum Gasteiger partial charge on any atom is 0.160 e. The average molecular weight is 302 g/mol. The zero-order valence-electron chi connectivity index (χ0n) is 9.62. The summed E-state index contributed by atoms with van der Waals surface area (Å²) in [4.78, 5) is 0. The van der Waals surface area contributed by atoms with Crippen LogP contribution in [0.1, 0.15) is 5.56 Å². The molecule has 6 heteroatoms. The molecular weight excluding hydrogens is 292 g/mol. The van der Waals surface area contributed by atoms with Gasteiger partial charge in [-0.15, -0.1) is 0 Å². The molecule has 100 valence electrons. The lowest BCUT2D eigenvalue weighted by Gasteiger charge is -2.09. The molecule has 0 unspecified atom stereocenters. The van der Waals surface area contributed by atoms with Crippen molar-refractivity contribution in [3.8, 4) is 11.5 Å². The second kappa shape index (κ2) is 5.55. The maximum atomic E-state index is 13.2. The predicted octanol–water partition coefficient (Wildman–Crippen LogP) is 4.16. The molecule has 3 nitrogen and oxygen atoms in total. The Kier molecular flexibility index (Phi) is 4.02. The number of halogens is 3. The highest BCUT2D eigenvalue weighted by Crippen LogP contribution is 2.28. The molecule has 0 aliphatic rings. The summed E-state index contributed by atoms with van der Waals surface area (Å²) in [5, 5.41) is 21.4. The van der Waals surface area contributed by atoms with E-state index in [0.29, 0.717) is 12.2 Å². The van der Waals surface area contributed by atoms with Crippen LogP contribution < -0.4 is 5.32 Å². The number of benzene rings is 2. The van der Waals surface area contributed by atoms with Crippen molar-refractivity contribution in [2.45, 2.75) is 6.54 Å². The van der Waals surface area contributed by atoms with Crippen LogP contribution in [-0.4, -0.2) is 10.2 Å². The van der Waals surface area contributed by atoms with E-state index in [2.05, 4.69) is 5.32 Å². The van der Waals surface area contributed by atoms with Crippen molar-refractivity contribution in [2.75, 3.05) is 5.32 Å². The topological polar surface area (TPSA) is 52.5 Å². The van der Waals surface area contributed by atoms with E-state index in [0.717, 1.165) is 5.56 Å². The highest BCUT2D eigenvalue weighted by atomic mass is 35.5. The number of phenolic OH excluding ortho intramolecular Hbond substituents is 2. The summed E-state index contributed by atoms with van der Waals surface area (Å²) in [6.45, 7) is 0.367. The molecule has 19 heavy (non-hydrogen) atoms. The average Bonchev–Trinajstić information content (AvgIpc) is 2.37. The Morgan fingerprint density at radius 2 is 1.63 bits per heavy atom. The molecular formula is C13H10Cl2FNO2. The van der Waals surface area contributed by atoms with Crippen molar-refractivity contribution < 1.29 is 14.6 Å². The Morgan fingerprint density at radius 1 is 1.00 bits per heavy atom. The monoisotopic (exact) mass is 301 g/mol. The minimum absolute atomic E-state index is 0.0662. The maximum absolute atomic E-state index is 13.2. The Hall–Kier alpha value is -1.65. The first-order valence-corrected chi connectivity index (χ1v) is 6.12. The van der Waals surface area contributed by atoms with Gasteiger partial charge in [-0.25, -0.2) is 4.39 Å². The highest BCUT2D eigenvalue weighted by molar-refractivity contribution is 6.35. The van der Waals surface area contributed by atoms with Crippen LogP contribution >= 0.6 is 23.2 Å². The first-order chi connectivity index (χ1) is 8.97. The Morgan fingerprint density at radius 3 is 2.21 bits per heavy atom. The van der Waals surface area contributed by atoms with E-state index in [1.165, 1.54) is 24.3 Å². The Bertz CT molecular complexity index is 597. The van der Waals surface area contributed by atoms with E-state index in [-0.39, 0.29) is 21.5 Å². The van der Waals surface area contributed by atoms with Gasteiger partial charge in [-0.3, -0.25) is 0 Å². The molecule has 0 aliphatic heterocycles. The second-order valence-corrected chi connectivity index (χ2v) is 4.74. The number of phenols is 2. The lowest BCUT2D eigenvalue weighted by atomic mass is 10.2. The van der Waals surface area contributed by atoms with Gasteiger partial charge in [0.05, 0.1) is 10.0 Å². The molecule has 0 atom stereocenters. The van der Waals surface area contributed by atoms with E-state index >= 15 is 0 Å². The Balaban J connectivity index is 2.12. The van der Waals surface area contributed by atoms with Crippen LogP contribution in [0.15, 0.2) is 30.3 Å². The second-order valence-electron chi connectivity index (χ2n) is 3.93. The minimum Gasteiger partial charge on any atom is -0.504 e. The third-order valence-corrected chi connectivity index (χ3v) is 3.07. The van der Waals surface area contributed by atoms with Crippen molar-refractivity contribution in [2.24, 2.45) is 0 Å². The molecule has 3 N–H and O–H groups in total. The molecule has 0 aliphatic carbocycles. The highest BCUT2D eigenvalue weighted by Gasteiger charge is 2.07. The quantitative estimate of drug-likeness (QED) is 0.589. The SMILES string of the molecule is Oc1ccc(CNc2cc(Cl)c(F)c(Cl)c2)cc1O. The molecule has 0 amide bonds. The first kappa shape index (κ1) is 13.8. The molecule has 2 aromatic carbocycles. The van der Waals surface area contributed by atoms with Crippen molar-refractivity contribution in [3.05, 3.63) is 51.8 Å². The molecule has 0 spiro atoms. The normalized spacial score (nSPS) is 10.5. The molecule has 0 heterocycles. The molecule has 2 aromatic rings. The van der Waals surface area contributed by atoms with Crippen LogP contribution in [-0.2, 0) is 6.54 Å². The molecule has 0 bridgehead atoms. The van der Waals surface area contributed by atoms with Crippen LogP contribution in [0.5, 0.6) is 11.5 Å². The Labute approximate surface area is 119 Å². The van der Waals surface area contributed by atoms with Gasteiger partial charge in [-0.2, -0.15) is 0 Å². The van der Waals surface area contributed by atoms with Crippen molar-refractivity contribution in [3.63, 3.8) is 0 Å². The van der Waals surface area contributed by atoms with E-state index in [1.54, 1.807) is 6.07 Å². The van der Waals surface area contributed by atoms with Crippen LogP contribution in [0, 0.1) is 5.82 Å². The van der Waals surface area contributed by atoms with Gasteiger partial charge >= 0.3 is 0 Å². The minimum atomic E-state index is -0.656. The molecule has 0 radical (unpaired) electrons. The fraction of sp³-hybridized carbons (Fsp3) is 0.0769. The lowest BCUT2D eigenvalue weighted by molar-refractivity contribution is 0.403.